The number of rotatable bonds is 2. The number of fused-ring (bicyclic) bond motifs is 1. The van der Waals surface area contributed by atoms with E-state index >= 15 is 0 Å². The minimum atomic E-state index is -0.545. The Labute approximate surface area is 112 Å². The van der Waals surface area contributed by atoms with Gasteiger partial charge in [-0.3, -0.25) is 0 Å². The minimum absolute atomic E-state index is 0.545. The molecule has 0 saturated carbocycles. The average molecular weight is 261 g/mol. The normalized spacial score (nSPS) is 25.7. The number of likely N-dealkylation sites (N-methyl/N-ethyl adjacent to an activating group) is 1. The molecule has 2 nitrogen and oxygen atoms in total. The quantitative estimate of drug-likeness (QED) is 0.898. The third kappa shape index (κ3) is 2.30. The Hall–Kier alpha value is -0.900. The number of thiophene rings is 1. The highest BCUT2D eigenvalue weighted by Crippen LogP contribution is 2.31. The largest absolute Gasteiger partial charge is 0.388 e. The second-order valence-electron chi connectivity index (χ2n) is 5.50. The molecule has 2 heterocycles. The third-order valence-corrected chi connectivity index (χ3v) is 4.84. The lowest BCUT2D eigenvalue weighted by molar-refractivity contribution is -0.0220. The van der Waals surface area contributed by atoms with E-state index in [0.717, 1.165) is 32.4 Å². The summed E-state index contributed by atoms with van der Waals surface area (Å²) in [5, 5.41) is 14.3. The van der Waals surface area contributed by atoms with Crippen molar-refractivity contribution < 1.29 is 5.11 Å². The van der Waals surface area contributed by atoms with Crippen LogP contribution in [0, 0.1) is 0 Å². The zero-order valence-corrected chi connectivity index (χ0v) is 11.5. The van der Waals surface area contributed by atoms with Crippen molar-refractivity contribution in [1.82, 2.24) is 4.90 Å². The first-order valence-electron chi connectivity index (χ1n) is 6.52. The fourth-order valence-electron chi connectivity index (χ4n) is 3.01. The summed E-state index contributed by atoms with van der Waals surface area (Å²) >= 11 is 1.78. The van der Waals surface area contributed by atoms with Gasteiger partial charge in [0.1, 0.15) is 0 Å². The zero-order chi connectivity index (χ0) is 12.6. The molecule has 1 aromatic carbocycles. The molecule has 0 amide bonds. The van der Waals surface area contributed by atoms with Gasteiger partial charge in [-0.15, -0.1) is 11.3 Å². The van der Waals surface area contributed by atoms with Crippen molar-refractivity contribution >= 4 is 21.4 Å². The molecule has 2 aromatic rings. The Morgan fingerprint density at radius 2 is 2.22 bits per heavy atom. The van der Waals surface area contributed by atoms with E-state index in [1.807, 2.05) is 0 Å². The number of β-amino-alcohol motifs (C(OH)–C–C–N with tert-alkyl or cyclic N) is 1. The molecule has 1 unspecified atom stereocenters. The Morgan fingerprint density at radius 1 is 1.39 bits per heavy atom. The first-order valence-corrected chi connectivity index (χ1v) is 7.40. The molecule has 1 aliphatic heterocycles. The van der Waals surface area contributed by atoms with Crippen LogP contribution >= 0.6 is 11.3 Å². The molecule has 1 N–H and O–H groups in total. The molecule has 0 bridgehead atoms. The molecule has 3 heteroatoms. The first kappa shape index (κ1) is 12.2. The van der Waals surface area contributed by atoms with Crippen molar-refractivity contribution in [3.63, 3.8) is 0 Å². The SMILES string of the molecule is CN1CCCC(O)(Cc2csc3ccccc23)C1. The first-order chi connectivity index (χ1) is 8.66. The molecular formula is C15H19NOS. The summed E-state index contributed by atoms with van der Waals surface area (Å²) in [6.07, 6.45) is 2.79. The lowest BCUT2D eigenvalue weighted by Crippen LogP contribution is -2.47. The summed E-state index contributed by atoms with van der Waals surface area (Å²) in [6, 6.07) is 8.47. The number of hydrogen-bond donors (Lipinski definition) is 1. The second-order valence-corrected chi connectivity index (χ2v) is 6.41. The number of aliphatic hydroxyl groups is 1. The molecule has 1 atom stereocenters. The highest BCUT2D eigenvalue weighted by atomic mass is 32.1. The van der Waals surface area contributed by atoms with Gasteiger partial charge >= 0.3 is 0 Å². The summed E-state index contributed by atoms with van der Waals surface area (Å²) in [5.41, 5.74) is 0.755. The van der Waals surface area contributed by atoms with Crippen molar-refractivity contribution in [3.05, 3.63) is 35.2 Å². The molecule has 0 aliphatic carbocycles. The van der Waals surface area contributed by atoms with Crippen molar-refractivity contribution in [2.75, 3.05) is 20.1 Å². The third-order valence-electron chi connectivity index (χ3n) is 3.83. The molecule has 1 aromatic heterocycles. The van der Waals surface area contributed by atoms with Gasteiger partial charge in [-0.25, -0.2) is 0 Å². The summed E-state index contributed by atoms with van der Waals surface area (Å²) in [4.78, 5) is 2.23. The van der Waals surface area contributed by atoms with Crippen molar-refractivity contribution in [3.8, 4) is 0 Å². The molecule has 0 radical (unpaired) electrons. The Balaban J connectivity index is 1.87. The van der Waals surface area contributed by atoms with Gasteiger partial charge in [0, 0.05) is 17.7 Å². The highest BCUT2D eigenvalue weighted by Gasteiger charge is 2.32. The predicted molar refractivity (Wildman–Crippen MR) is 77.2 cm³/mol. The van der Waals surface area contributed by atoms with Gasteiger partial charge in [0.25, 0.3) is 0 Å². The number of likely N-dealkylation sites (tertiary alicyclic amines) is 1. The molecule has 3 rings (SSSR count). The Kier molecular flexibility index (Phi) is 3.14. The fraction of sp³-hybridized carbons (Fsp3) is 0.467. The van der Waals surface area contributed by atoms with Crippen LogP contribution in [0.1, 0.15) is 18.4 Å². The van der Waals surface area contributed by atoms with Crippen LogP contribution in [0.25, 0.3) is 10.1 Å². The molecule has 96 valence electrons. The highest BCUT2D eigenvalue weighted by molar-refractivity contribution is 7.17. The number of piperidine rings is 1. The maximum atomic E-state index is 10.7. The van der Waals surface area contributed by atoms with Crippen LogP contribution in [0.3, 0.4) is 0 Å². The van der Waals surface area contributed by atoms with Crippen LogP contribution in [-0.4, -0.2) is 35.7 Å². The molecule has 1 saturated heterocycles. The van der Waals surface area contributed by atoms with Crippen LogP contribution < -0.4 is 0 Å². The van der Waals surface area contributed by atoms with Gasteiger partial charge in [-0.2, -0.15) is 0 Å². The van der Waals surface area contributed by atoms with Crippen molar-refractivity contribution in [2.45, 2.75) is 24.9 Å². The van der Waals surface area contributed by atoms with Gasteiger partial charge in [0.2, 0.25) is 0 Å². The standard InChI is InChI=1S/C15H19NOS/c1-16-8-4-7-15(17,11-16)9-12-10-18-14-6-3-2-5-13(12)14/h2-3,5-6,10,17H,4,7-9,11H2,1H3. The fourth-order valence-corrected chi connectivity index (χ4v) is 3.97. The summed E-state index contributed by atoms with van der Waals surface area (Å²) in [5.74, 6) is 0. The van der Waals surface area contributed by atoms with E-state index in [9.17, 15) is 5.11 Å². The lowest BCUT2D eigenvalue weighted by Gasteiger charge is -2.37. The summed E-state index contributed by atoms with van der Waals surface area (Å²) in [7, 11) is 2.09. The maximum Gasteiger partial charge on any atom is 0.0815 e. The number of nitrogens with zero attached hydrogens (tertiary/aromatic N) is 1. The van der Waals surface area contributed by atoms with Crippen LogP contribution in [-0.2, 0) is 6.42 Å². The predicted octanol–water partition coefficient (Wildman–Crippen LogP) is 2.90. The van der Waals surface area contributed by atoms with E-state index in [1.54, 1.807) is 11.3 Å². The zero-order valence-electron chi connectivity index (χ0n) is 10.7. The Morgan fingerprint density at radius 3 is 3.06 bits per heavy atom. The van der Waals surface area contributed by atoms with E-state index < -0.39 is 5.60 Å². The van der Waals surface area contributed by atoms with Crippen molar-refractivity contribution in [1.29, 1.82) is 0 Å². The average Bonchev–Trinajstić information content (AvgIpc) is 2.72. The van der Waals surface area contributed by atoms with Gasteiger partial charge in [-0.05, 0) is 48.8 Å². The molecule has 1 fully saturated rings. The number of hydrogen-bond acceptors (Lipinski definition) is 3. The minimum Gasteiger partial charge on any atom is -0.388 e. The Bertz CT molecular complexity index is 550. The van der Waals surface area contributed by atoms with E-state index in [0.29, 0.717) is 0 Å². The molecular weight excluding hydrogens is 242 g/mol. The molecule has 18 heavy (non-hydrogen) atoms. The van der Waals surface area contributed by atoms with E-state index in [2.05, 4.69) is 41.6 Å². The number of benzene rings is 1. The molecule has 0 spiro atoms. The van der Waals surface area contributed by atoms with Crippen molar-refractivity contribution in [2.24, 2.45) is 0 Å². The lowest BCUT2D eigenvalue weighted by atomic mass is 9.87. The smallest absolute Gasteiger partial charge is 0.0815 e. The topological polar surface area (TPSA) is 23.5 Å². The van der Waals surface area contributed by atoms with Gasteiger partial charge in [0.05, 0.1) is 5.60 Å². The van der Waals surface area contributed by atoms with Gasteiger partial charge in [-0.1, -0.05) is 18.2 Å². The summed E-state index contributed by atoms with van der Waals surface area (Å²) in [6.45, 7) is 1.89. The van der Waals surface area contributed by atoms with E-state index in [4.69, 9.17) is 0 Å². The van der Waals surface area contributed by atoms with Gasteiger partial charge < -0.3 is 10.0 Å². The molecule has 1 aliphatic rings. The van der Waals surface area contributed by atoms with Crippen LogP contribution in [0.2, 0.25) is 0 Å². The van der Waals surface area contributed by atoms with E-state index in [1.165, 1.54) is 15.6 Å². The van der Waals surface area contributed by atoms with Crippen LogP contribution in [0.4, 0.5) is 0 Å². The van der Waals surface area contributed by atoms with Gasteiger partial charge in [0.15, 0.2) is 0 Å². The maximum absolute atomic E-state index is 10.7. The van der Waals surface area contributed by atoms with Crippen LogP contribution in [0.15, 0.2) is 29.6 Å². The van der Waals surface area contributed by atoms with E-state index in [-0.39, 0.29) is 0 Å². The monoisotopic (exact) mass is 261 g/mol. The van der Waals surface area contributed by atoms with Crippen LogP contribution in [0.5, 0.6) is 0 Å². The second kappa shape index (κ2) is 4.65. The summed E-state index contributed by atoms with van der Waals surface area (Å²) < 4.78 is 1.32.